The topological polar surface area (TPSA) is 21.3 Å². The van der Waals surface area contributed by atoms with Gasteiger partial charge in [-0.3, -0.25) is 0 Å². The molecule has 5 heteroatoms. The van der Waals surface area contributed by atoms with Crippen molar-refractivity contribution in [1.29, 1.82) is 0 Å². The van der Waals surface area contributed by atoms with Gasteiger partial charge in [-0.15, -0.1) is 0 Å². The van der Waals surface area contributed by atoms with Crippen molar-refractivity contribution >= 4 is 0 Å². The van der Waals surface area contributed by atoms with Gasteiger partial charge in [0.15, 0.2) is 0 Å². The normalized spacial score (nSPS) is 13.6. The van der Waals surface area contributed by atoms with E-state index in [1.807, 2.05) is 37.3 Å². The fourth-order valence-electron chi connectivity index (χ4n) is 1.57. The lowest BCUT2D eigenvalue weighted by Crippen LogP contribution is -2.28. The summed E-state index contributed by atoms with van der Waals surface area (Å²) in [5, 5.41) is 3.18. The molecule has 0 saturated carbocycles. The highest BCUT2D eigenvalue weighted by Gasteiger charge is 2.28. The lowest BCUT2D eigenvalue weighted by Gasteiger charge is -2.19. The van der Waals surface area contributed by atoms with Crippen LogP contribution in [0.1, 0.15) is 24.9 Å². The number of hydrogen-bond donors (Lipinski definition) is 1. The zero-order valence-corrected chi connectivity index (χ0v) is 10.3. The first kappa shape index (κ1) is 15.0. The molecule has 2 nitrogen and oxygen atoms in total. The Balaban J connectivity index is 2.51. The van der Waals surface area contributed by atoms with E-state index in [4.69, 9.17) is 4.74 Å². The SMILES string of the molecule is CCCNC(COCC(F)(F)F)c1ccccc1. The highest BCUT2D eigenvalue weighted by molar-refractivity contribution is 5.18. The number of ether oxygens (including phenoxy) is 1. The fourth-order valence-corrected chi connectivity index (χ4v) is 1.57. The molecule has 102 valence electrons. The number of alkyl halides is 3. The summed E-state index contributed by atoms with van der Waals surface area (Å²) in [6.45, 7) is 1.56. The Morgan fingerprint density at radius 3 is 2.44 bits per heavy atom. The van der Waals surface area contributed by atoms with Crippen molar-refractivity contribution in [2.24, 2.45) is 0 Å². The van der Waals surface area contributed by atoms with Gasteiger partial charge in [0.05, 0.1) is 12.6 Å². The molecule has 0 spiro atoms. The molecule has 0 saturated heterocycles. The van der Waals surface area contributed by atoms with Crippen molar-refractivity contribution in [3.8, 4) is 0 Å². The van der Waals surface area contributed by atoms with Crippen LogP contribution >= 0.6 is 0 Å². The molecule has 1 aromatic carbocycles. The van der Waals surface area contributed by atoms with E-state index in [0.717, 1.165) is 18.5 Å². The van der Waals surface area contributed by atoms with Gasteiger partial charge in [0, 0.05) is 0 Å². The van der Waals surface area contributed by atoms with Crippen LogP contribution in [0.4, 0.5) is 13.2 Å². The Bertz CT molecular complexity index is 327. The predicted molar refractivity (Wildman–Crippen MR) is 64.4 cm³/mol. The van der Waals surface area contributed by atoms with Gasteiger partial charge in [0.1, 0.15) is 6.61 Å². The lowest BCUT2D eigenvalue weighted by molar-refractivity contribution is -0.175. The van der Waals surface area contributed by atoms with Crippen LogP contribution in [0.25, 0.3) is 0 Å². The van der Waals surface area contributed by atoms with Crippen LogP contribution in [0.5, 0.6) is 0 Å². The molecular weight excluding hydrogens is 243 g/mol. The van der Waals surface area contributed by atoms with Gasteiger partial charge in [-0.2, -0.15) is 13.2 Å². The van der Waals surface area contributed by atoms with E-state index in [9.17, 15) is 13.2 Å². The quantitative estimate of drug-likeness (QED) is 0.813. The summed E-state index contributed by atoms with van der Waals surface area (Å²) in [7, 11) is 0. The lowest BCUT2D eigenvalue weighted by atomic mass is 10.1. The maximum Gasteiger partial charge on any atom is 0.411 e. The molecule has 0 aliphatic carbocycles. The molecular formula is C13H18F3NO. The molecule has 0 bridgehead atoms. The predicted octanol–water partition coefficient (Wildman–Crippen LogP) is 3.31. The molecule has 1 unspecified atom stereocenters. The van der Waals surface area contributed by atoms with Crippen molar-refractivity contribution in [1.82, 2.24) is 5.32 Å². The molecule has 1 atom stereocenters. The van der Waals surface area contributed by atoms with E-state index < -0.39 is 12.8 Å². The minimum atomic E-state index is -4.27. The third kappa shape index (κ3) is 6.02. The monoisotopic (exact) mass is 261 g/mol. The molecule has 0 radical (unpaired) electrons. The molecule has 0 aromatic heterocycles. The molecule has 0 aliphatic rings. The number of halogens is 3. The van der Waals surface area contributed by atoms with Gasteiger partial charge in [-0.05, 0) is 18.5 Å². The summed E-state index contributed by atoms with van der Waals surface area (Å²) in [4.78, 5) is 0. The van der Waals surface area contributed by atoms with Crippen LogP contribution in [-0.4, -0.2) is 25.9 Å². The Kier molecular flexibility index (Phi) is 6.15. The standard InChI is InChI=1S/C13H18F3NO/c1-2-8-17-12(9-18-10-13(14,15)16)11-6-4-3-5-7-11/h3-7,12,17H,2,8-10H2,1H3. The highest BCUT2D eigenvalue weighted by atomic mass is 19.4. The number of rotatable bonds is 7. The third-order valence-corrected chi connectivity index (χ3v) is 2.39. The third-order valence-electron chi connectivity index (χ3n) is 2.39. The van der Waals surface area contributed by atoms with E-state index >= 15 is 0 Å². The van der Waals surface area contributed by atoms with Crippen LogP contribution in [0.2, 0.25) is 0 Å². The van der Waals surface area contributed by atoms with Crippen LogP contribution in [-0.2, 0) is 4.74 Å². The van der Waals surface area contributed by atoms with E-state index in [1.165, 1.54) is 0 Å². The summed E-state index contributed by atoms with van der Waals surface area (Å²) >= 11 is 0. The van der Waals surface area contributed by atoms with Crippen LogP contribution < -0.4 is 5.32 Å². The largest absolute Gasteiger partial charge is 0.411 e. The second kappa shape index (κ2) is 7.38. The van der Waals surface area contributed by atoms with Crippen LogP contribution in [0.3, 0.4) is 0 Å². The molecule has 0 aliphatic heterocycles. The van der Waals surface area contributed by atoms with Gasteiger partial charge >= 0.3 is 6.18 Å². The van der Waals surface area contributed by atoms with Crippen molar-refractivity contribution < 1.29 is 17.9 Å². The van der Waals surface area contributed by atoms with Gasteiger partial charge in [0.25, 0.3) is 0 Å². The Morgan fingerprint density at radius 2 is 1.89 bits per heavy atom. The van der Waals surface area contributed by atoms with Gasteiger partial charge in [-0.25, -0.2) is 0 Å². The minimum Gasteiger partial charge on any atom is -0.370 e. The molecule has 1 N–H and O–H groups in total. The average molecular weight is 261 g/mol. The fraction of sp³-hybridized carbons (Fsp3) is 0.538. The average Bonchev–Trinajstić information content (AvgIpc) is 2.33. The number of benzene rings is 1. The van der Waals surface area contributed by atoms with Crippen LogP contribution in [0.15, 0.2) is 30.3 Å². The van der Waals surface area contributed by atoms with Crippen LogP contribution in [0, 0.1) is 0 Å². The van der Waals surface area contributed by atoms with E-state index in [-0.39, 0.29) is 12.6 Å². The molecule has 1 rings (SSSR count). The summed E-state index contributed by atoms with van der Waals surface area (Å²) in [5.41, 5.74) is 0.938. The Labute approximate surface area is 105 Å². The maximum atomic E-state index is 12.0. The second-order valence-corrected chi connectivity index (χ2v) is 4.05. The summed E-state index contributed by atoms with van der Waals surface area (Å²) in [6, 6.07) is 9.15. The maximum absolute atomic E-state index is 12.0. The molecule has 1 aromatic rings. The van der Waals surface area contributed by atoms with Gasteiger partial charge in [0.2, 0.25) is 0 Å². The molecule has 0 fully saturated rings. The molecule has 18 heavy (non-hydrogen) atoms. The number of nitrogens with one attached hydrogen (secondary N) is 1. The molecule has 0 amide bonds. The molecule has 0 heterocycles. The first-order valence-corrected chi connectivity index (χ1v) is 5.95. The second-order valence-electron chi connectivity index (χ2n) is 4.05. The Hall–Kier alpha value is -1.07. The van der Waals surface area contributed by atoms with Gasteiger partial charge < -0.3 is 10.1 Å². The van der Waals surface area contributed by atoms with Crippen molar-refractivity contribution in [2.45, 2.75) is 25.6 Å². The Morgan fingerprint density at radius 1 is 1.22 bits per heavy atom. The van der Waals surface area contributed by atoms with Crippen molar-refractivity contribution in [2.75, 3.05) is 19.8 Å². The van der Waals surface area contributed by atoms with E-state index in [0.29, 0.717) is 0 Å². The van der Waals surface area contributed by atoms with E-state index in [1.54, 1.807) is 0 Å². The number of hydrogen-bond acceptors (Lipinski definition) is 2. The van der Waals surface area contributed by atoms with Crippen molar-refractivity contribution in [3.05, 3.63) is 35.9 Å². The smallest absolute Gasteiger partial charge is 0.370 e. The zero-order chi connectivity index (χ0) is 13.4. The minimum absolute atomic E-state index is 0.0174. The van der Waals surface area contributed by atoms with E-state index in [2.05, 4.69) is 5.32 Å². The summed E-state index contributed by atoms with van der Waals surface area (Å²) < 4.78 is 40.8. The summed E-state index contributed by atoms with van der Waals surface area (Å²) in [6.07, 6.45) is -3.35. The highest BCUT2D eigenvalue weighted by Crippen LogP contribution is 2.17. The van der Waals surface area contributed by atoms with Gasteiger partial charge in [-0.1, -0.05) is 37.3 Å². The summed E-state index contributed by atoms with van der Waals surface area (Å²) in [5.74, 6) is 0. The zero-order valence-electron chi connectivity index (χ0n) is 10.3. The van der Waals surface area contributed by atoms with Crippen molar-refractivity contribution in [3.63, 3.8) is 0 Å². The first-order chi connectivity index (χ1) is 8.53. The first-order valence-electron chi connectivity index (χ1n) is 5.95.